The quantitative estimate of drug-likeness (QED) is 0.581. The van der Waals surface area contributed by atoms with E-state index in [4.69, 9.17) is 4.98 Å². The fourth-order valence-electron chi connectivity index (χ4n) is 4.27. The molecular formula is C24H31N5OS. The second-order valence-electron chi connectivity index (χ2n) is 8.06. The van der Waals surface area contributed by atoms with Gasteiger partial charge < -0.3 is 9.80 Å². The van der Waals surface area contributed by atoms with E-state index in [1.165, 1.54) is 16.9 Å². The van der Waals surface area contributed by atoms with Crippen molar-refractivity contribution in [2.45, 2.75) is 34.2 Å². The van der Waals surface area contributed by atoms with E-state index < -0.39 is 0 Å². The minimum Gasteiger partial charge on any atom is -0.357 e. The molecule has 2 aromatic heterocycles. The summed E-state index contributed by atoms with van der Waals surface area (Å²) in [6, 6.07) is 10.5. The molecule has 0 atom stereocenters. The summed E-state index contributed by atoms with van der Waals surface area (Å²) in [5.74, 6) is 1.83. The van der Waals surface area contributed by atoms with Gasteiger partial charge in [-0.05, 0) is 38.8 Å². The summed E-state index contributed by atoms with van der Waals surface area (Å²) in [6.07, 6.45) is 0. The van der Waals surface area contributed by atoms with Gasteiger partial charge in [-0.2, -0.15) is 0 Å². The first kappa shape index (κ1) is 21.7. The second kappa shape index (κ2) is 9.32. The molecule has 0 spiro atoms. The van der Waals surface area contributed by atoms with Gasteiger partial charge in [0.05, 0.1) is 10.3 Å². The summed E-state index contributed by atoms with van der Waals surface area (Å²) in [5.41, 5.74) is 2.33. The molecule has 1 aliphatic rings. The largest absolute Gasteiger partial charge is 0.357 e. The average Bonchev–Trinajstić information content (AvgIpc) is 3.11. The number of carbonyl (C=O) groups excluding carboxylic acids is 1. The van der Waals surface area contributed by atoms with Crippen molar-refractivity contribution in [3.63, 3.8) is 0 Å². The highest BCUT2D eigenvalue weighted by Crippen LogP contribution is 2.36. The summed E-state index contributed by atoms with van der Waals surface area (Å²) in [7, 11) is 0. The Bertz CT molecular complexity index is 1050. The highest BCUT2D eigenvalue weighted by Gasteiger charge is 2.27. The first-order valence-electron chi connectivity index (χ1n) is 11.1. The van der Waals surface area contributed by atoms with Crippen LogP contribution in [-0.2, 0) is 6.54 Å². The first-order valence-corrected chi connectivity index (χ1v) is 11.9. The van der Waals surface area contributed by atoms with Gasteiger partial charge in [0.2, 0.25) is 0 Å². The van der Waals surface area contributed by atoms with Gasteiger partial charge in [-0.15, -0.1) is 11.3 Å². The Morgan fingerprint density at radius 3 is 2.35 bits per heavy atom. The van der Waals surface area contributed by atoms with Crippen LogP contribution in [0.25, 0.3) is 10.2 Å². The molecule has 7 heteroatoms. The van der Waals surface area contributed by atoms with Crippen molar-refractivity contribution in [2.24, 2.45) is 0 Å². The van der Waals surface area contributed by atoms with E-state index in [2.05, 4.69) is 52.9 Å². The molecule has 164 valence electrons. The minimum atomic E-state index is 0.128. The lowest BCUT2D eigenvalue weighted by Gasteiger charge is -2.34. The summed E-state index contributed by atoms with van der Waals surface area (Å²) < 4.78 is 0. The van der Waals surface area contributed by atoms with Crippen molar-refractivity contribution in [1.82, 2.24) is 19.8 Å². The molecule has 3 heterocycles. The predicted molar refractivity (Wildman–Crippen MR) is 128 cm³/mol. The molecule has 1 aromatic carbocycles. The Morgan fingerprint density at radius 1 is 1.03 bits per heavy atom. The fourth-order valence-corrected chi connectivity index (χ4v) is 5.46. The third kappa shape index (κ3) is 4.43. The van der Waals surface area contributed by atoms with Crippen LogP contribution < -0.4 is 4.90 Å². The maximum Gasteiger partial charge on any atom is 0.264 e. The second-order valence-corrected chi connectivity index (χ2v) is 9.06. The molecule has 0 N–H and O–H groups in total. The van der Waals surface area contributed by atoms with Gasteiger partial charge >= 0.3 is 0 Å². The number of benzene rings is 1. The SMILES string of the molecule is CCN(CC)c1nc(C)nc2sc(C(=O)N3CCN(Cc4ccccc4)CC3)c(C)c12. The normalized spacial score (nSPS) is 14.9. The number of carbonyl (C=O) groups is 1. The van der Waals surface area contributed by atoms with E-state index in [0.717, 1.165) is 78.1 Å². The van der Waals surface area contributed by atoms with Gasteiger partial charge in [-0.1, -0.05) is 30.3 Å². The molecule has 1 amide bonds. The zero-order valence-corrected chi connectivity index (χ0v) is 19.7. The van der Waals surface area contributed by atoms with Crippen molar-refractivity contribution >= 4 is 33.3 Å². The molecular weight excluding hydrogens is 406 g/mol. The minimum absolute atomic E-state index is 0.128. The van der Waals surface area contributed by atoms with Crippen LogP contribution in [0.15, 0.2) is 30.3 Å². The Balaban J connectivity index is 1.53. The molecule has 0 bridgehead atoms. The van der Waals surface area contributed by atoms with E-state index in [9.17, 15) is 4.79 Å². The lowest BCUT2D eigenvalue weighted by molar-refractivity contribution is 0.0632. The van der Waals surface area contributed by atoms with Crippen LogP contribution in [0.1, 0.15) is 40.5 Å². The lowest BCUT2D eigenvalue weighted by atomic mass is 10.1. The van der Waals surface area contributed by atoms with Gasteiger partial charge in [0.25, 0.3) is 5.91 Å². The Kier molecular flexibility index (Phi) is 6.53. The average molecular weight is 438 g/mol. The Morgan fingerprint density at radius 2 is 1.71 bits per heavy atom. The van der Waals surface area contributed by atoms with Crippen molar-refractivity contribution < 1.29 is 4.79 Å². The third-order valence-electron chi connectivity index (χ3n) is 6.05. The highest BCUT2D eigenvalue weighted by atomic mass is 32.1. The standard InChI is InChI=1S/C24H31N5OS/c1-5-28(6-2)22-20-17(3)21(31-23(20)26-18(4)25-22)24(30)29-14-12-27(13-15-29)16-19-10-8-7-9-11-19/h7-11H,5-6,12-16H2,1-4H3. The molecule has 4 rings (SSSR count). The summed E-state index contributed by atoms with van der Waals surface area (Å²) in [4.78, 5) is 31.2. The number of rotatable bonds is 6. The third-order valence-corrected chi connectivity index (χ3v) is 7.22. The zero-order chi connectivity index (χ0) is 22.0. The van der Waals surface area contributed by atoms with E-state index in [1.807, 2.05) is 24.8 Å². The molecule has 31 heavy (non-hydrogen) atoms. The van der Waals surface area contributed by atoms with Gasteiger partial charge in [0, 0.05) is 45.8 Å². The number of fused-ring (bicyclic) bond motifs is 1. The van der Waals surface area contributed by atoms with Crippen molar-refractivity contribution in [3.8, 4) is 0 Å². The smallest absolute Gasteiger partial charge is 0.264 e. The van der Waals surface area contributed by atoms with Crippen molar-refractivity contribution in [3.05, 3.63) is 52.2 Å². The molecule has 6 nitrogen and oxygen atoms in total. The number of amides is 1. The monoisotopic (exact) mass is 437 g/mol. The van der Waals surface area contributed by atoms with Crippen LogP contribution in [-0.4, -0.2) is 64.9 Å². The number of thiophene rings is 1. The van der Waals surface area contributed by atoms with Crippen LogP contribution in [0.3, 0.4) is 0 Å². The van der Waals surface area contributed by atoms with Crippen molar-refractivity contribution in [2.75, 3.05) is 44.2 Å². The summed E-state index contributed by atoms with van der Waals surface area (Å²) in [5, 5.41) is 1.03. The maximum absolute atomic E-state index is 13.4. The number of anilines is 1. The van der Waals surface area contributed by atoms with E-state index >= 15 is 0 Å². The maximum atomic E-state index is 13.4. The van der Waals surface area contributed by atoms with Gasteiger partial charge in [0.1, 0.15) is 16.5 Å². The van der Waals surface area contributed by atoms with Crippen LogP contribution in [0.5, 0.6) is 0 Å². The molecule has 0 saturated carbocycles. The fraction of sp³-hybridized carbons (Fsp3) is 0.458. The summed E-state index contributed by atoms with van der Waals surface area (Å²) in [6.45, 7) is 14.2. The number of hydrogen-bond acceptors (Lipinski definition) is 6. The first-order chi connectivity index (χ1) is 15.0. The molecule has 0 aliphatic carbocycles. The molecule has 1 aliphatic heterocycles. The number of aryl methyl sites for hydroxylation is 2. The zero-order valence-electron chi connectivity index (χ0n) is 18.9. The van der Waals surface area contributed by atoms with E-state index in [1.54, 1.807) is 0 Å². The Labute approximate surface area is 188 Å². The number of piperazine rings is 1. The highest BCUT2D eigenvalue weighted by molar-refractivity contribution is 7.20. The van der Waals surface area contributed by atoms with Crippen LogP contribution >= 0.6 is 11.3 Å². The number of hydrogen-bond donors (Lipinski definition) is 0. The molecule has 1 fully saturated rings. The van der Waals surface area contributed by atoms with E-state index in [-0.39, 0.29) is 5.91 Å². The number of aromatic nitrogens is 2. The molecule has 0 unspecified atom stereocenters. The van der Waals surface area contributed by atoms with Crippen LogP contribution in [0, 0.1) is 13.8 Å². The molecule has 3 aromatic rings. The number of nitrogens with zero attached hydrogens (tertiary/aromatic N) is 5. The van der Waals surface area contributed by atoms with Crippen LogP contribution in [0.4, 0.5) is 5.82 Å². The lowest BCUT2D eigenvalue weighted by Crippen LogP contribution is -2.48. The van der Waals surface area contributed by atoms with E-state index in [0.29, 0.717) is 0 Å². The van der Waals surface area contributed by atoms with Crippen LogP contribution in [0.2, 0.25) is 0 Å². The Hall–Kier alpha value is -2.51. The van der Waals surface area contributed by atoms with Crippen molar-refractivity contribution in [1.29, 1.82) is 0 Å². The van der Waals surface area contributed by atoms with Gasteiger partial charge in [-0.25, -0.2) is 9.97 Å². The topological polar surface area (TPSA) is 52.6 Å². The molecule has 1 saturated heterocycles. The van der Waals surface area contributed by atoms with Gasteiger partial charge in [0.15, 0.2) is 0 Å². The summed E-state index contributed by atoms with van der Waals surface area (Å²) >= 11 is 1.51. The van der Waals surface area contributed by atoms with Gasteiger partial charge in [-0.3, -0.25) is 9.69 Å². The molecule has 0 radical (unpaired) electrons. The predicted octanol–water partition coefficient (Wildman–Crippen LogP) is 4.11.